The monoisotopic (exact) mass is 287 g/mol. The van der Waals surface area contributed by atoms with E-state index in [9.17, 15) is 4.79 Å². The molecule has 2 N–H and O–H groups in total. The molecule has 0 heterocycles. The molecular formula is C18H25NO2. The molecule has 0 aromatic rings. The lowest BCUT2D eigenvalue weighted by molar-refractivity contribution is -0.120. The molecule has 2 aliphatic carbocycles. The lowest BCUT2D eigenvalue weighted by Crippen LogP contribution is -2.48. The summed E-state index contributed by atoms with van der Waals surface area (Å²) in [4.78, 5) is 12.5. The van der Waals surface area contributed by atoms with Crippen LogP contribution in [0, 0.1) is 0 Å². The van der Waals surface area contributed by atoms with E-state index in [0.29, 0.717) is 6.54 Å². The van der Waals surface area contributed by atoms with Crippen LogP contribution in [0.1, 0.15) is 39.5 Å². The number of aliphatic hydroxyl groups is 1. The molecular weight excluding hydrogens is 262 g/mol. The number of ketones is 1. The van der Waals surface area contributed by atoms with E-state index in [0.717, 1.165) is 31.3 Å². The van der Waals surface area contributed by atoms with Crippen molar-refractivity contribution in [2.24, 2.45) is 0 Å². The minimum atomic E-state index is -0.618. The summed E-state index contributed by atoms with van der Waals surface area (Å²) in [5.41, 5.74) is 3.02. The van der Waals surface area contributed by atoms with Gasteiger partial charge in [0.1, 0.15) is 0 Å². The number of hydrogen-bond donors (Lipinski definition) is 2. The topological polar surface area (TPSA) is 49.3 Å². The number of β-amino-alcohol motifs (C(OH)–C–C–N with tert-alkyl or cyclic N) is 1. The van der Waals surface area contributed by atoms with Crippen LogP contribution < -0.4 is 5.32 Å². The van der Waals surface area contributed by atoms with Gasteiger partial charge in [0.2, 0.25) is 0 Å². The molecule has 0 unspecified atom stereocenters. The Morgan fingerprint density at radius 1 is 1.19 bits per heavy atom. The van der Waals surface area contributed by atoms with E-state index < -0.39 is 5.54 Å². The van der Waals surface area contributed by atoms with Crippen molar-refractivity contribution in [2.45, 2.75) is 45.1 Å². The second kappa shape index (κ2) is 7.01. The van der Waals surface area contributed by atoms with Crippen molar-refractivity contribution in [3.8, 4) is 0 Å². The van der Waals surface area contributed by atoms with Gasteiger partial charge in [-0.05, 0) is 56.3 Å². The Bertz CT molecular complexity index is 521. The summed E-state index contributed by atoms with van der Waals surface area (Å²) in [5, 5.41) is 12.0. The second-order valence-corrected chi connectivity index (χ2v) is 6.15. The molecule has 3 heteroatoms. The van der Waals surface area contributed by atoms with E-state index in [2.05, 4.69) is 29.6 Å². The van der Waals surface area contributed by atoms with Gasteiger partial charge in [0.05, 0.1) is 12.1 Å². The van der Waals surface area contributed by atoms with Crippen LogP contribution in [0.4, 0.5) is 0 Å². The van der Waals surface area contributed by atoms with Gasteiger partial charge in [-0.2, -0.15) is 0 Å². The van der Waals surface area contributed by atoms with Crippen LogP contribution in [0.5, 0.6) is 0 Å². The molecule has 0 aromatic carbocycles. The molecule has 0 atom stereocenters. The van der Waals surface area contributed by atoms with Gasteiger partial charge in [-0.15, -0.1) is 0 Å². The quantitative estimate of drug-likeness (QED) is 0.790. The van der Waals surface area contributed by atoms with Crippen molar-refractivity contribution in [1.29, 1.82) is 0 Å². The van der Waals surface area contributed by atoms with Gasteiger partial charge in [-0.3, -0.25) is 4.79 Å². The minimum absolute atomic E-state index is 0.0431. The maximum Gasteiger partial charge on any atom is 0.178 e. The molecule has 114 valence electrons. The van der Waals surface area contributed by atoms with Gasteiger partial charge in [-0.25, -0.2) is 0 Å². The highest BCUT2D eigenvalue weighted by molar-refractivity contribution is 6.02. The van der Waals surface area contributed by atoms with Gasteiger partial charge >= 0.3 is 0 Å². The molecule has 0 fully saturated rings. The number of allylic oxidation sites excluding steroid dienone is 7. The molecule has 0 saturated carbocycles. The van der Waals surface area contributed by atoms with E-state index in [1.54, 1.807) is 0 Å². The van der Waals surface area contributed by atoms with E-state index in [1.165, 1.54) is 11.1 Å². The predicted octanol–water partition coefficient (Wildman–Crippen LogP) is 2.84. The van der Waals surface area contributed by atoms with E-state index in [1.807, 2.05) is 19.9 Å². The van der Waals surface area contributed by atoms with Gasteiger partial charge < -0.3 is 10.4 Å². The van der Waals surface area contributed by atoms with Gasteiger partial charge in [0, 0.05) is 6.54 Å². The molecule has 21 heavy (non-hydrogen) atoms. The summed E-state index contributed by atoms with van der Waals surface area (Å²) in [7, 11) is 0. The van der Waals surface area contributed by atoms with E-state index >= 15 is 0 Å². The van der Waals surface area contributed by atoms with Crippen LogP contribution >= 0.6 is 0 Å². The Morgan fingerprint density at radius 3 is 2.52 bits per heavy atom. The SMILES string of the molecule is CC(C)(NCCO)C(=O)C1=CC=C(C2=CC=CCC2)CC1. The molecule has 0 bridgehead atoms. The summed E-state index contributed by atoms with van der Waals surface area (Å²) in [6.07, 6.45) is 14.5. The number of carbonyl (C=O) groups is 1. The number of carbonyl (C=O) groups excluding carboxylic acids is 1. The van der Waals surface area contributed by atoms with Gasteiger partial charge in [0.15, 0.2) is 5.78 Å². The van der Waals surface area contributed by atoms with Crippen molar-refractivity contribution >= 4 is 5.78 Å². The molecule has 0 radical (unpaired) electrons. The van der Waals surface area contributed by atoms with Crippen LogP contribution in [0.15, 0.2) is 47.1 Å². The Kier molecular flexibility index (Phi) is 5.32. The van der Waals surface area contributed by atoms with Crippen LogP contribution in [0.25, 0.3) is 0 Å². The first kappa shape index (κ1) is 15.9. The number of aliphatic hydroxyl groups excluding tert-OH is 1. The van der Waals surface area contributed by atoms with E-state index in [4.69, 9.17) is 5.11 Å². The molecule has 3 nitrogen and oxygen atoms in total. The average Bonchev–Trinajstić information content (AvgIpc) is 2.53. The predicted molar refractivity (Wildman–Crippen MR) is 86.0 cm³/mol. The Balaban J connectivity index is 2.07. The van der Waals surface area contributed by atoms with Crippen molar-refractivity contribution in [1.82, 2.24) is 5.32 Å². The van der Waals surface area contributed by atoms with Crippen molar-refractivity contribution in [3.05, 3.63) is 47.1 Å². The first-order valence-corrected chi connectivity index (χ1v) is 7.71. The maximum absolute atomic E-state index is 12.5. The van der Waals surface area contributed by atoms with Crippen LogP contribution in [0.3, 0.4) is 0 Å². The smallest absolute Gasteiger partial charge is 0.178 e. The van der Waals surface area contributed by atoms with Gasteiger partial charge in [0.25, 0.3) is 0 Å². The highest BCUT2D eigenvalue weighted by atomic mass is 16.3. The summed E-state index contributed by atoms with van der Waals surface area (Å²) in [6.45, 7) is 4.23. The summed E-state index contributed by atoms with van der Waals surface area (Å²) >= 11 is 0. The lowest BCUT2D eigenvalue weighted by atomic mass is 9.84. The summed E-state index contributed by atoms with van der Waals surface area (Å²) in [5.74, 6) is 0.128. The van der Waals surface area contributed by atoms with E-state index in [-0.39, 0.29) is 12.4 Å². The van der Waals surface area contributed by atoms with Crippen LogP contribution in [-0.4, -0.2) is 29.6 Å². The zero-order chi connectivity index (χ0) is 15.3. The highest BCUT2D eigenvalue weighted by Crippen LogP contribution is 2.30. The fraction of sp³-hybridized carbons (Fsp3) is 0.500. The molecule has 0 aliphatic heterocycles. The largest absolute Gasteiger partial charge is 0.395 e. The first-order valence-electron chi connectivity index (χ1n) is 7.71. The number of hydrogen-bond acceptors (Lipinski definition) is 3. The molecule has 0 aromatic heterocycles. The first-order chi connectivity index (χ1) is 10.0. The standard InChI is InChI=1S/C18H25NO2/c1-18(2,19-12-13-20)17(21)16-10-8-15(9-11-16)14-6-4-3-5-7-14/h3-4,6,8,10,19-20H,5,7,9,11-13H2,1-2H3. The van der Waals surface area contributed by atoms with Crippen LogP contribution in [0.2, 0.25) is 0 Å². The second-order valence-electron chi connectivity index (χ2n) is 6.15. The zero-order valence-electron chi connectivity index (χ0n) is 13.0. The normalized spacial score (nSPS) is 18.9. The number of rotatable bonds is 6. The number of nitrogens with one attached hydrogen (secondary N) is 1. The highest BCUT2D eigenvalue weighted by Gasteiger charge is 2.29. The fourth-order valence-electron chi connectivity index (χ4n) is 2.81. The van der Waals surface area contributed by atoms with Crippen molar-refractivity contribution < 1.29 is 9.90 Å². The van der Waals surface area contributed by atoms with Crippen molar-refractivity contribution in [3.63, 3.8) is 0 Å². The molecule has 0 saturated heterocycles. The number of Topliss-reactive ketones (excluding diaryl/α,β-unsaturated/α-hetero) is 1. The third-order valence-electron chi connectivity index (χ3n) is 4.11. The molecule has 2 rings (SSSR count). The van der Waals surface area contributed by atoms with Crippen molar-refractivity contribution in [2.75, 3.05) is 13.2 Å². The minimum Gasteiger partial charge on any atom is -0.395 e. The maximum atomic E-state index is 12.5. The third-order valence-corrected chi connectivity index (χ3v) is 4.11. The van der Waals surface area contributed by atoms with Crippen LogP contribution in [-0.2, 0) is 4.79 Å². The average molecular weight is 287 g/mol. The Morgan fingerprint density at radius 2 is 1.95 bits per heavy atom. The molecule has 2 aliphatic rings. The Hall–Kier alpha value is -1.45. The Labute approximate surface area is 127 Å². The summed E-state index contributed by atoms with van der Waals surface area (Å²) < 4.78 is 0. The lowest BCUT2D eigenvalue weighted by Gasteiger charge is -2.27. The summed E-state index contributed by atoms with van der Waals surface area (Å²) in [6, 6.07) is 0. The molecule has 0 spiro atoms. The zero-order valence-corrected chi connectivity index (χ0v) is 13.0. The molecule has 0 amide bonds. The fourth-order valence-corrected chi connectivity index (χ4v) is 2.81. The third kappa shape index (κ3) is 4.02. The van der Waals surface area contributed by atoms with Gasteiger partial charge in [-0.1, -0.05) is 30.4 Å².